The van der Waals surface area contributed by atoms with E-state index in [9.17, 15) is 9.90 Å². The lowest BCUT2D eigenvalue weighted by Gasteiger charge is -2.23. The first-order chi connectivity index (χ1) is 9.00. The fourth-order valence-corrected chi connectivity index (χ4v) is 1.62. The maximum Gasteiger partial charge on any atom is 0.374 e. The molecule has 1 rings (SSSR count). The van der Waals surface area contributed by atoms with Crippen molar-refractivity contribution in [2.24, 2.45) is 0 Å². The van der Waals surface area contributed by atoms with Gasteiger partial charge in [-0.25, -0.2) is 4.79 Å². The number of hydrogen-bond acceptors (Lipinski definition) is 6. The first kappa shape index (κ1) is 15.7. The van der Waals surface area contributed by atoms with Crippen LogP contribution in [0.1, 0.15) is 29.5 Å². The number of methoxy groups -OCH3 is 2. The van der Waals surface area contributed by atoms with Gasteiger partial charge in [0, 0.05) is 38.8 Å². The maximum atomic E-state index is 11.4. The Balaban J connectivity index is 2.45. The Kier molecular flexibility index (Phi) is 6.01. The summed E-state index contributed by atoms with van der Waals surface area (Å²) in [5.41, 5.74) is -0.153. The Morgan fingerprint density at radius 1 is 1.53 bits per heavy atom. The second-order valence-corrected chi connectivity index (χ2v) is 4.61. The summed E-state index contributed by atoms with van der Waals surface area (Å²) in [6, 6.07) is 1.70. The van der Waals surface area contributed by atoms with Gasteiger partial charge in [-0.3, -0.25) is 0 Å². The lowest BCUT2D eigenvalue weighted by Crippen LogP contribution is -2.38. The van der Waals surface area contributed by atoms with Crippen LogP contribution < -0.4 is 5.32 Å². The lowest BCUT2D eigenvalue weighted by molar-refractivity contribution is 0.0247. The number of furan rings is 1. The average molecular weight is 271 g/mol. The Hall–Kier alpha value is -1.37. The molecule has 0 aliphatic carbocycles. The lowest BCUT2D eigenvalue weighted by atomic mass is 10.0. The number of nitrogens with one attached hydrogen (secondary N) is 1. The van der Waals surface area contributed by atoms with Gasteiger partial charge in [-0.15, -0.1) is 0 Å². The van der Waals surface area contributed by atoms with Crippen molar-refractivity contribution >= 4 is 5.97 Å². The van der Waals surface area contributed by atoms with Gasteiger partial charge in [0.15, 0.2) is 0 Å². The Morgan fingerprint density at radius 3 is 2.89 bits per heavy atom. The number of carbonyl (C=O) groups is 1. The molecule has 0 saturated carbocycles. The minimum atomic E-state index is -0.856. The van der Waals surface area contributed by atoms with Crippen molar-refractivity contribution in [3.05, 3.63) is 23.7 Å². The molecule has 0 radical (unpaired) electrons. The monoisotopic (exact) mass is 271 g/mol. The van der Waals surface area contributed by atoms with E-state index in [1.807, 2.05) is 0 Å². The van der Waals surface area contributed by atoms with Crippen molar-refractivity contribution in [1.82, 2.24) is 5.32 Å². The van der Waals surface area contributed by atoms with E-state index in [0.717, 1.165) is 0 Å². The summed E-state index contributed by atoms with van der Waals surface area (Å²) in [6.45, 7) is 3.04. The van der Waals surface area contributed by atoms with Crippen LogP contribution >= 0.6 is 0 Å². The second-order valence-electron chi connectivity index (χ2n) is 4.61. The summed E-state index contributed by atoms with van der Waals surface area (Å²) in [4.78, 5) is 11.4. The zero-order chi connectivity index (χ0) is 14.3. The summed E-state index contributed by atoms with van der Waals surface area (Å²) in [5, 5.41) is 13.1. The van der Waals surface area contributed by atoms with E-state index in [1.165, 1.54) is 13.4 Å². The molecule has 6 heteroatoms. The van der Waals surface area contributed by atoms with E-state index < -0.39 is 11.6 Å². The van der Waals surface area contributed by atoms with Gasteiger partial charge in [0.05, 0.1) is 19.0 Å². The van der Waals surface area contributed by atoms with Crippen molar-refractivity contribution in [1.29, 1.82) is 0 Å². The molecule has 108 valence electrons. The van der Waals surface area contributed by atoms with Gasteiger partial charge in [0.1, 0.15) is 0 Å². The molecular weight excluding hydrogens is 250 g/mol. The second kappa shape index (κ2) is 7.28. The van der Waals surface area contributed by atoms with E-state index in [1.54, 1.807) is 20.1 Å². The molecule has 19 heavy (non-hydrogen) atoms. The van der Waals surface area contributed by atoms with Crippen molar-refractivity contribution in [3.8, 4) is 0 Å². The highest BCUT2D eigenvalue weighted by Gasteiger charge is 2.20. The highest BCUT2D eigenvalue weighted by atomic mass is 16.5. The van der Waals surface area contributed by atoms with Crippen LogP contribution in [-0.2, 0) is 16.0 Å². The van der Waals surface area contributed by atoms with Crippen molar-refractivity contribution in [2.45, 2.75) is 25.5 Å². The molecule has 0 bridgehead atoms. The Bertz CT molecular complexity index is 399. The number of esters is 1. The van der Waals surface area contributed by atoms with Gasteiger partial charge in [-0.2, -0.15) is 0 Å². The number of carbonyl (C=O) groups excluding carboxylic acids is 1. The van der Waals surface area contributed by atoms with Crippen molar-refractivity contribution < 1.29 is 23.8 Å². The van der Waals surface area contributed by atoms with E-state index in [2.05, 4.69) is 10.1 Å². The molecule has 1 heterocycles. The van der Waals surface area contributed by atoms with Gasteiger partial charge in [-0.05, 0) is 13.0 Å². The molecule has 0 aliphatic heterocycles. The number of ether oxygens (including phenoxy) is 2. The zero-order valence-electron chi connectivity index (χ0n) is 11.6. The molecule has 1 aromatic heterocycles. The summed E-state index contributed by atoms with van der Waals surface area (Å²) in [5.74, 6) is -0.320. The molecule has 0 aromatic carbocycles. The first-order valence-corrected chi connectivity index (χ1v) is 6.07. The van der Waals surface area contributed by atoms with Crippen LogP contribution in [0.2, 0.25) is 0 Å². The standard InChI is InChI=1S/C13H21NO5/c1-13(16,5-7-17-2)9-14-8-10-4-6-19-11(10)12(15)18-3/h4,6,14,16H,5,7-9H2,1-3H3. The zero-order valence-corrected chi connectivity index (χ0v) is 11.6. The molecular formula is C13H21NO5. The van der Waals surface area contributed by atoms with Gasteiger partial charge in [0.2, 0.25) is 5.76 Å². The highest BCUT2D eigenvalue weighted by molar-refractivity contribution is 5.87. The van der Waals surface area contributed by atoms with Crippen LogP contribution in [0.4, 0.5) is 0 Å². The summed E-state index contributed by atoms with van der Waals surface area (Å²) in [6.07, 6.45) is 1.97. The largest absolute Gasteiger partial charge is 0.463 e. The van der Waals surface area contributed by atoms with Crippen LogP contribution in [0.3, 0.4) is 0 Å². The number of hydrogen-bond donors (Lipinski definition) is 2. The Morgan fingerprint density at radius 2 is 2.26 bits per heavy atom. The SMILES string of the molecule is COCCC(C)(O)CNCc1ccoc1C(=O)OC. The molecule has 1 unspecified atom stereocenters. The summed E-state index contributed by atoms with van der Waals surface area (Å²) >= 11 is 0. The van der Waals surface area contributed by atoms with E-state index in [4.69, 9.17) is 9.15 Å². The topological polar surface area (TPSA) is 80.9 Å². The van der Waals surface area contributed by atoms with Crippen LogP contribution in [0.5, 0.6) is 0 Å². The minimum Gasteiger partial charge on any atom is -0.463 e. The third-order valence-corrected chi connectivity index (χ3v) is 2.78. The summed E-state index contributed by atoms with van der Waals surface area (Å²) < 4.78 is 14.6. The van der Waals surface area contributed by atoms with Gasteiger partial charge in [-0.1, -0.05) is 0 Å². The fraction of sp³-hybridized carbons (Fsp3) is 0.615. The quantitative estimate of drug-likeness (QED) is 0.685. The van der Waals surface area contributed by atoms with Gasteiger partial charge < -0.3 is 24.3 Å². The van der Waals surface area contributed by atoms with Gasteiger partial charge in [0.25, 0.3) is 0 Å². The van der Waals surface area contributed by atoms with Crippen LogP contribution in [0.15, 0.2) is 16.7 Å². The third kappa shape index (κ3) is 5.02. The molecule has 1 aromatic rings. The highest BCUT2D eigenvalue weighted by Crippen LogP contribution is 2.13. The van der Waals surface area contributed by atoms with E-state index in [-0.39, 0.29) is 5.76 Å². The average Bonchev–Trinajstić information content (AvgIpc) is 2.83. The van der Waals surface area contributed by atoms with E-state index in [0.29, 0.717) is 31.7 Å². The molecule has 0 aliphatic rings. The van der Waals surface area contributed by atoms with Crippen molar-refractivity contribution in [3.63, 3.8) is 0 Å². The predicted molar refractivity (Wildman–Crippen MR) is 68.9 cm³/mol. The molecule has 0 spiro atoms. The molecule has 2 N–H and O–H groups in total. The van der Waals surface area contributed by atoms with Crippen LogP contribution in [0, 0.1) is 0 Å². The smallest absolute Gasteiger partial charge is 0.374 e. The third-order valence-electron chi connectivity index (χ3n) is 2.78. The molecule has 0 saturated heterocycles. The Labute approximate surface area is 112 Å². The molecule has 1 atom stereocenters. The predicted octanol–water partition coefficient (Wildman–Crippen LogP) is 0.943. The number of aliphatic hydroxyl groups is 1. The van der Waals surface area contributed by atoms with Crippen LogP contribution in [-0.4, -0.2) is 44.0 Å². The normalized spacial score (nSPS) is 14.1. The van der Waals surface area contributed by atoms with Gasteiger partial charge >= 0.3 is 5.97 Å². The van der Waals surface area contributed by atoms with Crippen LogP contribution in [0.25, 0.3) is 0 Å². The first-order valence-electron chi connectivity index (χ1n) is 6.07. The molecule has 6 nitrogen and oxygen atoms in total. The summed E-state index contributed by atoms with van der Waals surface area (Å²) in [7, 11) is 2.90. The molecule has 0 amide bonds. The fourth-order valence-electron chi connectivity index (χ4n) is 1.62. The van der Waals surface area contributed by atoms with Crippen molar-refractivity contribution in [2.75, 3.05) is 27.4 Å². The minimum absolute atomic E-state index is 0.187. The maximum absolute atomic E-state index is 11.4. The molecule has 0 fully saturated rings. The van der Waals surface area contributed by atoms with E-state index >= 15 is 0 Å². The number of rotatable bonds is 8.